The highest BCUT2D eigenvalue weighted by Crippen LogP contribution is 2.43. The maximum Gasteiger partial charge on any atom is 0.417 e. The van der Waals surface area contributed by atoms with Gasteiger partial charge in [-0.15, -0.1) is 0 Å². The molecule has 0 aromatic heterocycles. The van der Waals surface area contributed by atoms with Gasteiger partial charge in [-0.25, -0.2) is 14.5 Å². The minimum Gasteiger partial charge on any atom is -0.444 e. The molecule has 2 aliphatic heterocycles. The second-order valence-corrected chi connectivity index (χ2v) is 9.62. The average molecular weight is 451 g/mol. The number of hydrogen-bond donors (Lipinski definition) is 0. The molecule has 0 bridgehead atoms. The molecule has 0 aliphatic carbocycles. The number of carbonyl (C=O) groups excluding carboxylic acids is 3. The molecule has 2 saturated heterocycles. The average Bonchev–Trinajstić information content (AvgIpc) is 3.38. The summed E-state index contributed by atoms with van der Waals surface area (Å²) in [7, 11) is 0. The number of benzene rings is 2. The van der Waals surface area contributed by atoms with Gasteiger partial charge in [0.1, 0.15) is 11.6 Å². The third-order valence-electron chi connectivity index (χ3n) is 5.93. The number of hydrogen-bond acceptors (Lipinski definition) is 5. The molecular weight excluding hydrogens is 420 g/mol. The highest BCUT2D eigenvalue weighted by molar-refractivity contribution is 5.94. The Hall–Kier alpha value is -3.35. The van der Waals surface area contributed by atoms with Gasteiger partial charge < -0.3 is 14.4 Å². The normalized spacial score (nSPS) is 22.9. The van der Waals surface area contributed by atoms with E-state index in [-0.39, 0.29) is 24.3 Å². The van der Waals surface area contributed by atoms with Crippen LogP contribution >= 0.6 is 0 Å². The third-order valence-corrected chi connectivity index (χ3v) is 5.93. The van der Waals surface area contributed by atoms with E-state index in [1.807, 2.05) is 81.4 Å². The Morgan fingerprint density at radius 1 is 1.00 bits per heavy atom. The van der Waals surface area contributed by atoms with Crippen LogP contribution in [0.2, 0.25) is 0 Å². The summed E-state index contributed by atoms with van der Waals surface area (Å²) in [6, 6.07) is 18.4. The van der Waals surface area contributed by atoms with E-state index in [2.05, 4.69) is 0 Å². The Labute approximate surface area is 194 Å². The summed E-state index contributed by atoms with van der Waals surface area (Å²) in [5, 5.41) is 0. The Balaban J connectivity index is 1.50. The standard InChI is InChI=1S/C26H30N2O5/c1-26(2,3)33-24(30)27-15-14-18(17-27)16-21(29)28-22(19-10-6-4-7-11-19)23(32-25(28)31)20-12-8-5-9-13-20/h4-13,18,22-23H,14-17H2,1-3H3/t18-,22+,23-/m1/s1. The number of rotatable bonds is 4. The number of imide groups is 1. The summed E-state index contributed by atoms with van der Waals surface area (Å²) >= 11 is 0. The van der Waals surface area contributed by atoms with Gasteiger partial charge in [-0.2, -0.15) is 0 Å². The van der Waals surface area contributed by atoms with Gasteiger partial charge in [0.2, 0.25) is 5.91 Å². The van der Waals surface area contributed by atoms with Gasteiger partial charge in [0.05, 0.1) is 0 Å². The molecule has 2 aliphatic rings. The van der Waals surface area contributed by atoms with E-state index < -0.39 is 23.8 Å². The highest BCUT2D eigenvalue weighted by Gasteiger charge is 2.47. The number of amides is 3. The molecule has 3 amide bonds. The SMILES string of the molecule is CC(C)(C)OC(=O)N1CC[C@H](CC(=O)N2C(=O)O[C@H](c3ccccc3)[C@@H]2c2ccccc2)C1. The molecular formula is C26H30N2O5. The fourth-order valence-corrected chi connectivity index (χ4v) is 4.44. The van der Waals surface area contributed by atoms with Gasteiger partial charge in [-0.05, 0) is 44.2 Å². The van der Waals surface area contributed by atoms with Crippen LogP contribution in [0, 0.1) is 5.92 Å². The van der Waals surface area contributed by atoms with Gasteiger partial charge in [0.25, 0.3) is 0 Å². The summed E-state index contributed by atoms with van der Waals surface area (Å²) < 4.78 is 11.2. The zero-order valence-corrected chi connectivity index (χ0v) is 19.3. The largest absolute Gasteiger partial charge is 0.444 e. The molecule has 0 unspecified atom stereocenters. The molecule has 33 heavy (non-hydrogen) atoms. The lowest BCUT2D eigenvalue weighted by Crippen LogP contribution is -2.37. The number of likely N-dealkylation sites (tertiary alicyclic amines) is 1. The van der Waals surface area contributed by atoms with Crippen molar-refractivity contribution in [3.63, 3.8) is 0 Å². The molecule has 2 heterocycles. The maximum absolute atomic E-state index is 13.4. The topological polar surface area (TPSA) is 76.2 Å². The van der Waals surface area contributed by atoms with Crippen LogP contribution in [0.5, 0.6) is 0 Å². The predicted octanol–water partition coefficient (Wildman–Crippen LogP) is 5.09. The first-order valence-electron chi connectivity index (χ1n) is 11.3. The summed E-state index contributed by atoms with van der Waals surface area (Å²) in [6.07, 6.45) is -0.730. The lowest BCUT2D eigenvalue weighted by atomic mass is 9.94. The van der Waals surface area contributed by atoms with Gasteiger partial charge in [0, 0.05) is 19.5 Å². The molecule has 0 radical (unpaired) electrons. The zero-order valence-electron chi connectivity index (χ0n) is 19.3. The monoisotopic (exact) mass is 450 g/mol. The Morgan fingerprint density at radius 3 is 2.21 bits per heavy atom. The van der Waals surface area contributed by atoms with Gasteiger partial charge in [-0.1, -0.05) is 60.7 Å². The van der Waals surface area contributed by atoms with Crippen LogP contribution in [0.1, 0.15) is 56.9 Å². The van der Waals surface area contributed by atoms with Crippen molar-refractivity contribution >= 4 is 18.1 Å². The molecule has 174 valence electrons. The molecule has 3 atom stereocenters. The van der Waals surface area contributed by atoms with Gasteiger partial charge in [0.15, 0.2) is 6.10 Å². The molecule has 7 heteroatoms. The fourth-order valence-electron chi connectivity index (χ4n) is 4.44. The van der Waals surface area contributed by atoms with E-state index in [1.54, 1.807) is 4.90 Å². The van der Waals surface area contributed by atoms with Crippen molar-refractivity contribution in [3.8, 4) is 0 Å². The molecule has 2 aromatic rings. The lowest BCUT2D eigenvalue weighted by molar-refractivity contribution is -0.130. The molecule has 0 N–H and O–H groups in total. The number of nitrogens with zero attached hydrogens (tertiary/aromatic N) is 2. The second-order valence-electron chi connectivity index (χ2n) is 9.62. The molecule has 2 aromatic carbocycles. The first kappa shape index (κ1) is 22.8. The number of ether oxygens (including phenoxy) is 2. The summed E-state index contributed by atoms with van der Waals surface area (Å²) in [5.41, 5.74) is 1.11. The van der Waals surface area contributed by atoms with Crippen molar-refractivity contribution in [1.29, 1.82) is 0 Å². The van der Waals surface area contributed by atoms with Crippen LogP contribution < -0.4 is 0 Å². The first-order chi connectivity index (χ1) is 15.7. The van der Waals surface area contributed by atoms with Crippen molar-refractivity contribution in [2.45, 2.75) is 51.4 Å². The van der Waals surface area contributed by atoms with Crippen molar-refractivity contribution in [2.24, 2.45) is 5.92 Å². The van der Waals surface area contributed by atoms with Crippen molar-refractivity contribution in [3.05, 3.63) is 71.8 Å². The molecule has 7 nitrogen and oxygen atoms in total. The highest BCUT2D eigenvalue weighted by atomic mass is 16.6. The van der Waals surface area contributed by atoms with E-state index in [0.29, 0.717) is 19.5 Å². The smallest absolute Gasteiger partial charge is 0.417 e. The van der Waals surface area contributed by atoms with E-state index >= 15 is 0 Å². The van der Waals surface area contributed by atoms with E-state index in [9.17, 15) is 14.4 Å². The summed E-state index contributed by atoms with van der Waals surface area (Å²) in [6.45, 7) is 6.45. The van der Waals surface area contributed by atoms with Crippen LogP contribution in [0.15, 0.2) is 60.7 Å². The molecule has 2 fully saturated rings. The third kappa shape index (κ3) is 5.18. The zero-order chi connectivity index (χ0) is 23.6. The van der Waals surface area contributed by atoms with Crippen LogP contribution in [0.4, 0.5) is 9.59 Å². The Kier molecular flexibility index (Phi) is 6.40. The summed E-state index contributed by atoms with van der Waals surface area (Å²) in [5.74, 6) is -0.326. The molecule has 0 saturated carbocycles. The minimum atomic E-state index is -0.635. The molecule has 4 rings (SSSR count). The fraction of sp³-hybridized carbons (Fsp3) is 0.423. The lowest BCUT2D eigenvalue weighted by Gasteiger charge is -2.25. The van der Waals surface area contributed by atoms with Crippen molar-refractivity contribution in [1.82, 2.24) is 9.80 Å². The predicted molar refractivity (Wildman–Crippen MR) is 122 cm³/mol. The molecule has 0 spiro atoms. The van der Waals surface area contributed by atoms with E-state index in [0.717, 1.165) is 11.1 Å². The van der Waals surface area contributed by atoms with E-state index in [1.165, 1.54) is 4.90 Å². The number of carbonyl (C=O) groups is 3. The van der Waals surface area contributed by atoms with Crippen LogP contribution in [-0.2, 0) is 14.3 Å². The summed E-state index contributed by atoms with van der Waals surface area (Å²) in [4.78, 5) is 41.5. The van der Waals surface area contributed by atoms with Crippen LogP contribution in [0.25, 0.3) is 0 Å². The van der Waals surface area contributed by atoms with Gasteiger partial charge in [-0.3, -0.25) is 4.79 Å². The Bertz CT molecular complexity index is 1000. The van der Waals surface area contributed by atoms with Gasteiger partial charge >= 0.3 is 12.2 Å². The number of cyclic esters (lactones) is 1. The quantitative estimate of drug-likeness (QED) is 0.648. The first-order valence-corrected chi connectivity index (χ1v) is 11.3. The minimum absolute atomic E-state index is 0.0370. The van der Waals surface area contributed by atoms with Crippen molar-refractivity contribution < 1.29 is 23.9 Å². The van der Waals surface area contributed by atoms with Crippen LogP contribution in [0.3, 0.4) is 0 Å². The second kappa shape index (κ2) is 9.25. The van der Waals surface area contributed by atoms with E-state index in [4.69, 9.17) is 9.47 Å². The van der Waals surface area contributed by atoms with Crippen molar-refractivity contribution in [2.75, 3.05) is 13.1 Å². The van der Waals surface area contributed by atoms with Crippen LogP contribution in [-0.4, -0.2) is 46.6 Å². The maximum atomic E-state index is 13.4. The Morgan fingerprint density at radius 2 is 1.61 bits per heavy atom.